The van der Waals surface area contributed by atoms with Crippen LogP contribution >= 0.6 is 0 Å². The molecule has 1 N–H and O–H groups in total. The second-order valence-corrected chi connectivity index (χ2v) is 8.45. The van der Waals surface area contributed by atoms with Gasteiger partial charge < -0.3 is 23.9 Å². The van der Waals surface area contributed by atoms with Crippen molar-refractivity contribution in [3.05, 3.63) is 76.8 Å². The smallest absolute Gasteiger partial charge is 0.344 e. The maximum atomic E-state index is 13.0. The van der Waals surface area contributed by atoms with Crippen LogP contribution in [0.25, 0.3) is 22.1 Å². The zero-order valence-electron chi connectivity index (χ0n) is 19.7. The molecule has 0 bridgehead atoms. The van der Waals surface area contributed by atoms with Crippen molar-refractivity contribution in [2.75, 3.05) is 45.3 Å². The number of fused-ring (bicyclic) bond motifs is 1. The van der Waals surface area contributed by atoms with Crippen LogP contribution in [0.5, 0.6) is 17.2 Å². The normalized spacial score (nSPS) is 14.3. The van der Waals surface area contributed by atoms with Crippen LogP contribution in [-0.2, 0) is 6.54 Å². The van der Waals surface area contributed by atoms with Crippen molar-refractivity contribution in [2.24, 2.45) is 0 Å². The van der Waals surface area contributed by atoms with Crippen LogP contribution in [0.3, 0.4) is 0 Å². The van der Waals surface area contributed by atoms with Crippen LogP contribution in [0.4, 0.5) is 5.82 Å². The van der Waals surface area contributed by atoms with Gasteiger partial charge in [-0.25, -0.2) is 9.78 Å². The maximum absolute atomic E-state index is 13.0. The molecule has 1 fully saturated rings. The topological polar surface area (TPSA) is 88.3 Å². The Morgan fingerprint density at radius 3 is 2.49 bits per heavy atom. The molecule has 0 amide bonds. The average molecular weight is 474 g/mol. The van der Waals surface area contributed by atoms with Crippen molar-refractivity contribution in [1.82, 2.24) is 9.88 Å². The Labute approximate surface area is 203 Å². The van der Waals surface area contributed by atoms with E-state index in [9.17, 15) is 9.90 Å². The third kappa shape index (κ3) is 4.52. The molecule has 35 heavy (non-hydrogen) atoms. The van der Waals surface area contributed by atoms with Crippen LogP contribution in [0, 0.1) is 0 Å². The monoisotopic (exact) mass is 473 g/mol. The number of ether oxygens (including phenoxy) is 2. The lowest BCUT2D eigenvalue weighted by Crippen LogP contribution is -2.46. The van der Waals surface area contributed by atoms with Crippen molar-refractivity contribution in [3.63, 3.8) is 0 Å². The van der Waals surface area contributed by atoms with E-state index in [1.807, 2.05) is 18.2 Å². The molecule has 1 aliphatic rings. The molecule has 4 aromatic rings. The predicted octanol–water partition coefficient (Wildman–Crippen LogP) is 3.90. The van der Waals surface area contributed by atoms with E-state index < -0.39 is 5.63 Å². The molecular weight excluding hydrogens is 446 g/mol. The molecule has 0 saturated carbocycles. The zero-order chi connectivity index (χ0) is 24.4. The molecule has 0 unspecified atom stereocenters. The molecular formula is C27H27N3O5. The molecule has 180 valence electrons. The van der Waals surface area contributed by atoms with E-state index in [1.165, 1.54) is 0 Å². The molecule has 1 aliphatic heterocycles. The van der Waals surface area contributed by atoms with Crippen molar-refractivity contribution in [3.8, 4) is 28.4 Å². The largest absolute Gasteiger partial charge is 0.507 e. The van der Waals surface area contributed by atoms with Gasteiger partial charge in [-0.3, -0.25) is 4.90 Å². The lowest BCUT2D eigenvalue weighted by molar-refractivity contribution is 0.246. The van der Waals surface area contributed by atoms with Gasteiger partial charge in [-0.15, -0.1) is 0 Å². The van der Waals surface area contributed by atoms with Crippen LogP contribution in [0.1, 0.15) is 5.56 Å². The number of aromatic nitrogens is 1. The summed E-state index contributed by atoms with van der Waals surface area (Å²) in [7, 11) is 3.12. The SMILES string of the molecule is COc1ccc(-c2cc3ccc(O)c(CN4CCN(c5ccccn5)CC4)c3oc2=O)cc1OC. The van der Waals surface area contributed by atoms with Crippen LogP contribution < -0.4 is 20.0 Å². The number of pyridine rings is 1. The Hall–Kier alpha value is -4.04. The van der Waals surface area contributed by atoms with Gasteiger partial charge in [0.2, 0.25) is 0 Å². The highest BCUT2D eigenvalue weighted by Crippen LogP contribution is 2.34. The van der Waals surface area contributed by atoms with Crippen molar-refractivity contribution < 1.29 is 19.0 Å². The fraction of sp³-hybridized carbons (Fsp3) is 0.259. The minimum absolute atomic E-state index is 0.117. The Morgan fingerprint density at radius 1 is 0.971 bits per heavy atom. The Bertz CT molecular complexity index is 1400. The van der Waals surface area contributed by atoms with Crippen LogP contribution in [0.15, 0.2) is 70.0 Å². The number of phenolic OH excluding ortho intramolecular Hbond substituents is 1. The van der Waals surface area contributed by atoms with E-state index >= 15 is 0 Å². The highest BCUT2D eigenvalue weighted by molar-refractivity contribution is 5.86. The fourth-order valence-electron chi connectivity index (χ4n) is 4.49. The Morgan fingerprint density at radius 2 is 1.77 bits per heavy atom. The number of aromatic hydroxyl groups is 1. The quantitative estimate of drug-likeness (QED) is 0.422. The summed E-state index contributed by atoms with van der Waals surface area (Å²) >= 11 is 0. The minimum atomic E-state index is -0.475. The van der Waals surface area contributed by atoms with Crippen molar-refractivity contribution >= 4 is 16.8 Å². The van der Waals surface area contributed by atoms with Gasteiger partial charge in [-0.2, -0.15) is 0 Å². The molecule has 8 heteroatoms. The third-order valence-corrected chi connectivity index (χ3v) is 6.40. The number of anilines is 1. The number of methoxy groups -OCH3 is 2. The summed E-state index contributed by atoms with van der Waals surface area (Å²) in [4.78, 5) is 21.9. The summed E-state index contributed by atoms with van der Waals surface area (Å²) in [6, 6.07) is 16.4. The highest BCUT2D eigenvalue weighted by atomic mass is 16.5. The Balaban J connectivity index is 1.42. The van der Waals surface area contributed by atoms with Gasteiger partial charge in [0.15, 0.2) is 11.5 Å². The number of rotatable bonds is 6. The first kappa shape index (κ1) is 22.7. The molecule has 8 nitrogen and oxygen atoms in total. The summed E-state index contributed by atoms with van der Waals surface area (Å²) in [6.07, 6.45) is 1.80. The molecule has 1 saturated heterocycles. The Kier molecular flexibility index (Phi) is 6.29. The number of nitrogens with zero attached hydrogens (tertiary/aromatic N) is 3. The molecule has 2 aromatic heterocycles. The summed E-state index contributed by atoms with van der Waals surface area (Å²) in [6.45, 7) is 3.75. The van der Waals surface area contributed by atoms with Crippen LogP contribution in [-0.4, -0.2) is 55.4 Å². The summed E-state index contributed by atoms with van der Waals surface area (Å²) in [5, 5.41) is 11.4. The second kappa shape index (κ2) is 9.68. The van der Waals surface area contributed by atoms with Crippen LogP contribution in [0.2, 0.25) is 0 Å². The first-order valence-electron chi connectivity index (χ1n) is 11.5. The van der Waals surface area contributed by atoms with Gasteiger partial charge in [0.25, 0.3) is 0 Å². The average Bonchev–Trinajstić information content (AvgIpc) is 2.90. The van der Waals surface area contributed by atoms with Gasteiger partial charge in [0.05, 0.1) is 25.3 Å². The van der Waals surface area contributed by atoms with E-state index in [-0.39, 0.29) is 5.75 Å². The zero-order valence-corrected chi connectivity index (χ0v) is 19.7. The van der Waals surface area contributed by atoms with E-state index in [0.29, 0.717) is 40.3 Å². The lowest BCUT2D eigenvalue weighted by atomic mass is 10.0. The van der Waals surface area contributed by atoms with E-state index in [0.717, 1.165) is 37.4 Å². The van der Waals surface area contributed by atoms with Gasteiger partial charge >= 0.3 is 5.63 Å². The van der Waals surface area contributed by atoms with Gasteiger partial charge in [0, 0.05) is 44.3 Å². The lowest BCUT2D eigenvalue weighted by Gasteiger charge is -2.35. The van der Waals surface area contributed by atoms with E-state index in [4.69, 9.17) is 13.9 Å². The van der Waals surface area contributed by atoms with Crippen molar-refractivity contribution in [2.45, 2.75) is 6.54 Å². The first-order chi connectivity index (χ1) is 17.1. The van der Waals surface area contributed by atoms with Gasteiger partial charge in [-0.1, -0.05) is 12.1 Å². The third-order valence-electron chi connectivity index (χ3n) is 6.40. The minimum Gasteiger partial charge on any atom is -0.507 e. The summed E-state index contributed by atoms with van der Waals surface area (Å²) in [5.41, 5.74) is 1.63. The number of hydrogen-bond donors (Lipinski definition) is 1. The van der Waals surface area contributed by atoms with Crippen molar-refractivity contribution in [1.29, 1.82) is 0 Å². The standard InChI is InChI=1S/C27H27N3O5/c1-33-23-9-7-18(16-24(23)34-2)20-15-19-6-8-22(31)21(26(19)35-27(20)32)17-29-11-13-30(14-12-29)25-5-3-4-10-28-25/h3-10,15-16,31H,11-14,17H2,1-2H3. The molecule has 0 atom stereocenters. The van der Waals surface area contributed by atoms with E-state index in [2.05, 4.69) is 14.8 Å². The summed E-state index contributed by atoms with van der Waals surface area (Å²) < 4.78 is 16.5. The van der Waals surface area contributed by atoms with E-state index in [1.54, 1.807) is 56.8 Å². The summed E-state index contributed by atoms with van der Waals surface area (Å²) in [5.74, 6) is 2.19. The molecule has 0 radical (unpaired) electrons. The molecule has 3 heterocycles. The molecule has 0 aliphatic carbocycles. The number of benzene rings is 2. The molecule has 0 spiro atoms. The number of piperazine rings is 1. The van der Waals surface area contributed by atoms with Gasteiger partial charge in [-0.05, 0) is 48.0 Å². The predicted molar refractivity (Wildman–Crippen MR) is 134 cm³/mol. The fourth-order valence-corrected chi connectivity index (χ4v) is 4.49. The molecule has 2 aromatic carbocycles. The number of phenols is 1. The van der Waals surface area contributed by atoms with Gasteiger partial charge in [0.1, 0.15) is 17.2 Å². The highest BCUT2D eigenvalue weighted by Gasteiger charge is 2.21. The second-order valence-electron chi connectivity index (χ2n) is 8.45. The maximum Gasteiger partial charge on any atom is 0.344 e. The number of hydrogen-bond acceptors (Lipinski definition) is 8. The molecule has 5 rings (SSSR count). The first-order valence-corrected chi connectivity index (χ1v) is 11.5.